The van der Waals surface area contributed by atoms with Gasteiger partial charge in [0.2, 0.25) is 5.91 Å². The summed E-state index contributed by atoms with van der Waals surface area (Å²) in [6.45, 7) is 4.25. The molecule has 40 heavy (non-hydrogen) atoms. The molecule has 9 nitrogen and oxygen atoms in total. The Morgan fingerprint density at radius 1 is 1.00 bits per heavy atom. The summed E-state index contributed by atoms with van der Waals surface area (Å²) in [5.41, 5.74) is 2.49. The third-order valence-electron chi connectivity index (χ3n) is 8.23. The Labute approximate surface area is 238 Å². The summed E-state index contributed by atoms with van der Waals surface area (Å²) < 4.78 is 6.00. The molecule has 3 unspecified atom stereocenters. The zero-order valence-corrected chi connectivity index (χ0v) is 23.6. The van der Waals surface area contributed by atoms with Gasteiger partial charge in [-0.2, -0.15) is 0 Å². The Hall–Kier alpha value is -3.50. The number of hydrogen-bond donors (Lipinski definition) is 4. The first-order valence-electron chi connectivity index (χ1n) is 14.0. The molecule has 0 radical (unpaired) electrons. The fourth-order valence-corrected chi connectivity index (χ4v) is 7.86. The molecule has 4 N–H and O–H groups in total. The van der Waals surface area contributed by atoms with E-state index in [4.69, 9.17) is 4.74 Å². The van der Waals surface area contributed by atoms with Crippen LogP contribution in [0.1, 0.15) is 44.6 Å². The predicted molar refractivity (Wildman–Crippen MR) is 155 cm³/mol. The summed E-state index contributed by atoms with van der Waals surface area (Å²) in [7, 11) is 0. The van der Waals surface area contributed by atoms with Crippen LogP contribution in [0.15, 0.2) is 59.1 Å². The van der Waals surface area contributed by atoms with Crippen LogP contribution in [0.3, 0.4) is 0 Å². The van der Waals surface area contributed by atoms with Gasteiger partial charge in [-0.15, -0.1) is 0 Å². The van der Waals surface area contributed by atoms with Gasteiger partial charge in [-0.25, -0.2) is 4.79 Å². The van der Waals surface area contributed by atoms with Crippen LogP contribution in [0.4, 0.5) is 10.5 Å². The fraction of sp³-hybridized carbons (Fsp3) is 0.433. The smallest absolute Gasteiger partial charge is 0.326 e. The van der Waals surface area contributed by atoms with Crippen LogP contribution < -0.4 is 30.9 Å². The zero-order valence-electron chi connectivity index (χ0n) is 22.7. The number of rotatable bonds is 6. The van der Waals surface area contributed by atoms with Gasteiger partial charge < -0.3 is 26.0 Å². The largest absolute Gasteiger partial charge is 0.457 e. The highest BCUT2D eigenvalue weighted by Gasteiger charge is 2.52. The average molecular weight is 562 g/mol. The Morgan fingerprint density at radius 3 is 2.48 bits per heavy atom. The highest BCUT2D eigenvalue weighted by molar-refractivity contribution is 8.04. The zero-order chi connectivity index (χ0) is 27.8. The minimum absolute atomic E-state index is 0.00362. The van der Waals surface area contributed by atoms with Crippen LogP contribution in [0.2, 0.25) is 0 Å². The van der Waals surface area contributed by atoms with E-state index in [-0.39, 0.29) is 47.3 Å². The second-order valence-electron chi connectivity index (χ2n) is 11.0. The average Bonchev–Trinajstić information content (AvgIpc) is 3.30. The van der Waals surface area contributed by atoms with Gasteiger partial charge >= 0.3 is 6.03 Å². The van der Waals surface area contributed by atoms with E-state index in [2.05, 4.69) is 21.3 Å². The summed E-state index contributed by atoms with van der Waals surface area (Å²) >= 11 is 1.50. The SMILES string of the molecule is CC(=O)N[C@H]1CCCC[C@@H]1NC(=O)C1=C2NC(=O)N(c3ccc(Oc4ccccc4)cc3C)C3CCNC(S1)C23. The van der Waals surface area contributed by atoms with Crippen molar-refractivity contribution in [1.82, 2.24) is 21.3 Å². The maximum atomic E-state index is 13.6. The summed E-state index contributed by atoms with van der Waals surface area (Å²) in [5, 5.41) is 12.8. The Bertz CT molecular complexity index is 1350. The normalized spacial score (nSPS) is 27.5. The molecular weight excluding hydrogens is 526 g/mol. The van der Waals surface area contributed by atoms with Crippen LogP contribution in [-0.4, -0.2) is 47.9 Å². The first-order valence-corrected chi connectivity index (χ1v) is 14.9. The van der Waals surface area contributed by atoms with Gasteiger partial charge in [-0.1, -0.05) is 42.8 Å². The lowest BCUT2D eigenvalue weighted by Gasteiger charge is -2.46. The summed E-state index contributed by atoms with van der Waals surface area (Å²) in [4.78, 5) is 41.4. The molecule has 4 aliphatic rings. The first kappa shape index (κ1) is 26.7. The maximum absolute atomic E-state index is 13.6. The molecule has 10 heteroatoms. The summed E-state index contributed by atoms with van der Waals surface area (Å²) in [5.74, 6) is 1.17. The summed E-state index contributed by atoms with van der Waals surface area (Å²) in [6.07, 6.45) is 4.48. The number of ether oxygens (including phenoxy) is 1. The minimum Gasteiger partial charge on any atom is -0.457 e. The van der Waals surface area contributed by atoms with E-state index >= 15 is 0 Å². The molecule has 0 spiro atoms. The lowest BCUT2D eigenvalue weighted by molar-refractivity contribution is -0.121. The Kier molecular flexibility index (Phi) is 7.46. The molecule has 2 aromatic carbocycles. The van der Waals surface area contributed by atoms with E-state index in [1.54, 1.807) is 0 Å². The second-order valence-corrected chi connectivity index (χ2v) is 12.1. The lowest BCUT2D eigenvalue weighted by Crippen LogP contribution is -2.62. The monoisotopic (exact) mass is 561 g/mol. The van der Waals surface area contributed by atoms with Gasteiger partial charge in [-0.3, -0.25) is 14.5 Å². The number of piperidine rings is 1. The third-order valence-corrected chi connectivity index (χ3v) is 9.58. The minimum atomic E-state index is -0.224. The number of benzene rings is 2. The van der Waals surface area contributed by atoms with Crippen molar-refractivity contribution in [2.75, 3.05) is 11.4 Å². The van der Waals surface area contributed by atoms with E-state index in [1.165, 1.54) is 18.7 Å². The van der Waals surface area contributed by atoms with E-state index in [0.29, 0.717) is 16.4 Å². The van der Waals surface area contributed by atoms with Gasteiger partial charge in [0, 0.05) is 36.3 Å². The van der Waals surface area contributed by atoms with E-state index in [0.717, 1.165) is 55.6 Å². The number of para-hydroxylation sites is 1. The Morgan fingerprint density at radius 2 is 1.75 bits per heavy atom. The number of thioether (sulfide) groups is 1. The Balaban J connectivity index is 1.23. The molecule has 2 aromatic rings. The van der Waals surface area contributed by atoms with Gasteiger partial charge in [-0.05, 0) is 68.6 Å². The van der Waals surface area contributed by atoms with Crippen LogP contribution in [-0.2, 0) is 9.59 Å². The molecule has 4 amide bonds. The molecule has 3 heterocycles. The van der Waals surface area contributed by atoms with Crippen LogP contribution in [0, 0.1) is 12.8 Å². The molecular formula is C30H35N5O4S. The molecule has 0 aromatic heterocycles. The van der Waals surface area contributed by atoms with Gasteiger partial charge in [0.1, 0.15) is 11.5 Å². The van der Waals surface area contributed by atoms with Gasteiger partial charge in [0.05, 0.1) is 16.3 Å². The molecule has 6 rings (SSSR count). The van der Waals surface area contributed by atoms with Crippen LogP contribution in [0.5, 0.6) is 11.5 Å². The van der Waals surface area contributed by atoms with Crippen molar-refractivity contribution < 1.29 is 19.1 Å². The highest BCUT2D eigenvalue weighted by atomic mass is 32.2. The number of anilines is 1. The van der Waals surface area contributed by atoms with Crippen LogP contribution in [0.25, 0.3) is 0 Å². The van der Waals surface area contributed by atoms with Gasteiger partial charge in [0.25, 0.3) is 5.91 Å². The first-order chi connectivity index (χ1) is 19.4. The topological polar surface area (TPSA) is 112 Å². The van der Waals surface area contributed by atoms with Crippen molar-refractivity contribution in [3.63, 3.8) is 0 Å². The van der Waals surface area contributed by atoms with E-state index in [1.807, 2.05) is 60.4 Å². The van der Waals surface area contributed by atoms with Gasteiger partial charge in [0.15, 0.2) is 0 Å². The number of urea groups is 1. The van der Waals surface area contributed by atoms with E-state index in [9.17, 15) is 14.4 Å². The molecule has 5 atom stereocenters. The number of carbonyl (C=O) groups is 3. The molecule has 1 saturated carbocycles. The van der Waals surface area contributed by atoms with Crippen molar-refractivity contribution in [3.8, 4) is 11.5 Å². The quantitative estimate of drug-likeness (QED) is 0.422. The highest BCUT2D eigenvalue weighted by Crippen LogP contribution is 2.48. The predicted octanol–water partition coefficient (Wildman–Crippen LogP) is 4.14. The number of carbonyl (C=O) groups excluding carboxylic acids is 3. The lowest BCUT2D eigenvalue weighted by atomic mass is 9.86. The van der Waals surface area contributed by atoms with Crippen molar-refractivity contribution in [2.24, 2.45) is 5.92 Å². The van der Waals surface area contributed by atoms with Crippen LogP contribution >= 0.6 is 11.8 Å². The molecule has 1 aliphatic carbocycles. The van der Waals surface area contributed by atoms with Crippen molar-refractivity contribution in [1.29, 1.82) is 0 Å². The maximum Gasteiger partial charge on any atom is 0.326 e. The standard InChI is InChI=1S/C30H35N5O4S/c1-17-16-20(39-19-8-4-3-5-9-19)12-13-23(17)35-24-14-15-31-29-25(24)26(34-30(35)38)27(40-29)28(37)33-22-11-7-6-10-21(22)32-18(2)36/h3-5,8-9,12-13,16,21-22,24-25,29,31H,6-7,10-11,14-15H2,1-2H3,(H,32,36)(H,33,37)(H,34,38)/t21-,22-,24?,25?,29?/m0/s1. The fourth-order valence-electron chi connectivity index (χ4n) is 6.46. The van der Waals surface area contributed by atoms with Crippen molar-refractivity contribution in [3.05, 3.63) is 64.7 Å². The molecule has 3 aliphatic heterocycles. The van der Waals surface area contributed by atoms with Crippen molar-refractivity contribution >= 4 is 35.3 Å². The third kappa shape index (κ3) is 5.17. The molecule has 0 bridgehead atoms. The number of amides is 4. The number of aryl methyl sites for hydroxylation is 1. The molecule has 3 fully saturated rings. The van der Waals surface area contributed by atoms with Crippen molar-refractivity contribution in [2.45, 2.75) is 69.5 Å². The number of nitrogens with zero attached hydrogens (tertiary/aromatic N) is 1. The molecule has 210 valence electrons. The summed E-state index contributed by atoms with van der Waals surface area (Å²) in [6, 6.07) is 14.9. The molecule has 2 saturated heterocycles. The number of nitrogens with one attached hydrogen (secondary N) is 4. The number of hydrogen-bond acceptors (Lipinski definition) is 6. The van der Waals surface area contributed by atoms with E-state index < -0.39 is 0 Å². The second kappa shape index (κ2) is 11.2.